The van der Waals surface area contributed by atoms with Crippen molar-refractivity contribution in [2.24, 2.45) is 28.4 Å². The summed E-state index contributed by atoms with van der Waals surface area (Å²) in [6.07, 6.45) is 6.45. The molecule has 4 saturated carbocycles. The minimum atomic E-state index is -1.06. The molecule has 1 aromatic heterocycles. The summed E-state index contributed by atoms with van der Waals surface area (Å²) < 4.78 is 2.38. The van der Waals surface area contributed by atoms with Gasteiger partial charge in [-0.05, 0) is 88.4 Å². The Kier molecular flexibility index (Phi) is 6.65. The highest BCUT2D eigenvalue weighted by molar-refractivity contribution is 5.96. The first-order valence-corrected chi connectivity index (χ1v) is 15.1. The second-order valence-corrected chi connectivity index (χ2v) is 14.1. The molecule has 6 rings (SSSR count). The molecule has 0 bridgehead atoms. The molecule has 1 atom stereocenters. The van der Waals surface area contributed by atoms with E-state index in [0.717, 1.165) is 19.3 Å². The standard InChI is InChI=1S/C29H42N6O7/c1-27(24(39)40)10-17(11-27)13-34-25(41)32(2)23(38)29(34)14-28(15-29)8-6-18(7-9-28)35-22(37)19(20(30)31)21(36)33(26(35)42)12-16-4-3-5-16/h16-18,25,36,41H,3-15H2,1-2H3,(H3,30,31)(H,39,40). The van der Waals surface area contributed by atoms with Crippen molar-refractivity contribution in [2.75, 3.05) is 13.6 Å². The highest BCUT2D eigenvalue weighted by Crippen LogP contribution is 2.63. The molecular weight excluding hydrogens is 544 g/mol. The number of hydrogen-bond acceptors (Lipinski definition) is 8. The number of nitrogen functional groups attached to an aromatic ring is 1. The first kappa shape index (κ1) is 28.9. The molecule has 0 aromatic carbocycles. The van der Waals surface area contributed by atoms with Crippen LogP contribution in [-0.2, 0) is 16.1 Å². The molecule has 2 spiro atoms. The van der Waals surface area contributed by atoms with Gasteiger partial charge in [-0.2, -0.15) is 0 Å². The van der Waals surface area contributed by atoms with Gasteiger partial charge < -0.3 is 26.0 Å². The van der Waals surface area contributed by atoms with E-state index in [4.69, 9.17) is 11.1 Å². The fourth-order valence-electron chi connectivity index (χ4n) is 8.74. The Labute approximate surface area is 243 Å². The third-order valence-electron chi connectivity index (χ3n) is 11.3. The first-order valence-electron chi connectivity index (χ1n) is 15.1. The van der Waals surface area contributed by atoms with Crippen molar-refractivity contribution in [3.05, 3.63) is 26.4 Å². The Hall–Kier alpha value is -3.19. The molecule has 13 nitrogen and oxygen atoms in total. The van der Waals surface area contributed by atoms with Gasteiger partial charge in [-0.1, -0.05) is 6.42 Å². The molecule has 230 valence electrons. The Morgan fingerprint density at radius 1 is 1.05 bits per heavy atom. The van der Waals surface area contributed by atoms with Crippen LogP contribution in [0.5, 0.6) is 5.88 Å². The minimum Gasteiger partial charge on any atom is -0.494 e. The van der Waals surface area contributed by atoms with Gasteiger partial charge in [0.2, 0.25) is 11.8 Å². The van der Waals surface area contributed by atoms with Gasteiger partial charge in [0.15, 0.2) is 6.35 Å². The molecule has 1 aromatic rings. The summed E-state index contributed by atoms with van der Waals surface area (Å²) in [6.45, 7) is 2.47. The van der Waals surface area contributed by atoms with E-state index >= 15 is 0 Å². The van der Waals surface area contributed by atoms with Crippen LogP contribution >= 0.6 is 0 Å². The number of carboxylic acid groups (broad SMARTS) is 1. The fourth-order valence-corrected chi connectivity index (χ4v) is 8.74. The Morgan fingerprint density at radius 2 is 1.67 bits per heavy atom. The van der Waals surface area contributed by atoms with Crippen molar-refractivity contribution in [1.29, 1.82) is 5.41 Å². The van der Waals surface area contributed by atoms with Gasteiger partial charge >= 0.3 is 11.7 Å². The maximum Gasteiger partial charge on any atom is 0.334 e. The van der Waals surface area contributed by atoms with Gasteiger partial charge in [-0.3, -0.25) is 28.9 Å². The monoisotopic (exact) mass is 586 g/mol. The molecule has 5 aliphatic rings. The number of nitrogens with one attached hydrogen (secondary N) is 1. The lowest BCUT2D eigenvalue weighted by molar-refractivity contribution is -0.168. The van der Waals surface area contributed by atoms with Crippen molar-refractivity contribution in [3.63, 3.8) is 0 Å². The Morgan fingerprint density at radius 3 is 2.19 bits per heavy atom. The number of nitrogens with two attached hydrogens (primary N) is 1. The van der Waals surface area contributed by atoms with Crippen LogP contribution in [0.15, 0.2) is 9.59 Å². The van der Waals surface area contributed by atoms with Gasteiger partial charge in [-0.15, -0.1) is 0 Å². The second kappa shape index (κ2) is 9.66. The van der Waals surface area contributed by atoms with Gasteiger partial charge in [-0.25, -0.2) is 9.69 Å². The summed E-state index contributed by atoms with van der Waals surface area (Å²) >= 11 is 0. The van der Waals surface area contributed by atoms with Crippen molar-refractivity contribution in [1.82, 2.24) is 18.9 Å². The van der Waals surface area contributed by atoms with Gasteiger partial charge in [0.1, 0.15) is 16.9 Å². The number of aliphatic hydroxyl groups excluding tert-OH is 1. The number of nitrogens with zero attached hydrogens (tertiary/aromatic N) is 4. The predicted molar refractivity (Wildman–Crippen MR) is 151 cm³/mol. The van der Waals surface area contributed by atoms with Crippen molar-refractivity contribution in [2.45, 2.75) is 102 Å². The summed E-state index contributed by atoms with van der Waals surface area (Å²) in [5.74, 6) is -1.73. The van der Waals surface area contributed by atoms with Gasteiger partial charge in [0.25, 0.3) is 5.56 Å². The fraction of sp³-hybridized carbons (Fsp3) is 0.759. The van der Waals surface area contributed by atoms with E-state index in [9.17, 15) is 34.5 Å². The highest BCUT2D eigenvalue weighted by atomic mass is 16.4. The number of carbonyl (C=O) groups is 2. The van der Waals surface area contributed by atoms with Crippen molar-refractivity contribution >= 4 is 17.7 Å². The molecule has 1 saturated heterocycles. The van der Waals surface area contributed by atoms with E-state index in [1.54, 1.807) is 14.0 Å². The van der Waals surface area contributed by atoms with E-state index in [2.05, 4.69) is 0 Å². The summed E-state index contributed by atoms with van der Waals surface area (Å²) in [6, 6.07) is -0.411. The van der Waals surface area contributed by atoms with Crippen LogP contribution in [0.25, 0.3) is 0 Å². The number of amides is 1. The number of likely N-dealkylation sites (N-methyl/N-ethyl adjacent to an activating group) is 1. The van der Waals surface area contributed by atoms with Gasteiger partial charge in [0.05, 0.1) is 5.41 Å². The SMILES string of the molecule is CN1C(=O)C2(CC3(CCC(n4c(=O)c(C(=N)N)c(O)n(CC5CCC5)c4=O)CC3)C2)N(CC2CC(C)(C(=O)O)C2)C1O. The summed E-state index contributed by atoms with van der Waals surface area (Å²) in [4.78, 5) is 55.1. The third kappa shape index (κ3) is 4.14. The number of hydrogen-bond donors (Lipinski definition) is 5. The minimum absolute atomic E-state index is 0.0863. The van der Waals surface area contributed by atoms with Crippen LogP contribution < -0.4 is 17.0 Å². The number of aliphatic hydroxyl groups is 1. The van der Waals surface area contributed by atoms with Crippen LogP contribution in [0.3, 0.4) is 0 Å². The smallest absolute Gasteiger partial charge is 0.334 e. The maximum absolute atomic E-state index is 13.5. The van der Waals surface area contributed by atoms with E-state index in [0.29, 0.717) is 57.9 Å². The van der Waals surface area contributed by atoms with Crippen LogP contribution in [0.1, 0.15) is 89.2 Å². The summed E-state index contributed by atoms with van der Waals surface area (Å²) in [5, 5.41) is 39.1. The molecule has 13 heteroatoms. The topological polar surface area (TPSA) is 195 Å². The lowest BCUT2D eigenvalue weighted by Gasteiger charge is -2.59. The molecule has 6 N–H and O–H groups in total. The summed E-state index contributed by atoms with van der Waals surface area (Å²) in [5.41, 5.74) is 2.27. The molecule has 0 radical (unpaired) electrons. The summed E-state index contributed by atoms with van der Waals surface area (Å²) in [7, 11) is 1.59. The largest absolute Gasteiger partial charge is 0.494 e. The maximum atomic E-state index is 13.5. The molecule has 2 heterocycles. The van der Waals surface area contributed by atoms with Crippen molar-refractivity contribution in [3.8, 4) is 5.88 Å². The lowest BCUT2D eigenvalue weighted by atomic mass is 9.51. The third-order valence-corrected chi connectivity index (χ3v) is 11.3. The quantitative estimate of drug-likeness (QED) is 0.229. The van der Waals surface area contributed by atoms with E-state index in [-0.39, 0.29) is 35.3 Å². The molecular formula is C29H42N6O7. The predicted octanol–water partition coefficient (Wildman–Crippen LogP) is 0.985. The van der Waals surface area contributed by atoms with E-state index in [1.165, 1.54) is 14.0 Å². The van der Waals surface area contributed by atoms with Crippen LogP contribution in [0.4, 0.5) is 0 Å². The van der Waals surface area contributed by atoms with Gasteiger partial charge in [0, 0.05) is 26.2 Å². The van der Waals surface area contributed by atoms with Crippen LogP contribution in [0.2, 0.25) is 0 Å². The highest BCUT2D eigenvalue weighted by Gasteiger charge is 2.68. The molecule has 1 aliphatic heterocycles. The zero-order valence-electron chi connectivity index (χ0n) is 24.3. The Bertz CT molecular complexity index is 1440. The molecule has 42 heavy (non-hydrogen) atoms. The number of carboxylic acids is 1. The number of amidine groups is 1. The van der Waals surface area contributed by atoms with Crippen molar-refractivity contribution < 1.29 is 24.9 Å². The number of rotatable bonds is 7. The van der Waals surface area contributed by atoms with E-state index < -0.39 is 52.3 Å². The number of carbonyl (C=O) groups excluding carboxylic acids is 1. The molecule has 5 fully saturated rings. The first-order chi connectivity index (χ1) is 19.7. The average Bonchev–Trinajstić information content (AvgIpc) is 3.03. The lowest BCUT2D eigenvalue weighted by Crippen LogP contribution is -2.65. The molecule has 1 amide bonds. The number of aromatic hydroxyl groups is 1. The zero-order chi connectivity index (χ0) is 30.4. The Balaban J connectivity index is 1.19. The normalized spacial score (nSPS) is 36.6. The average molecular weight is 587 g/mol. The second-order valence-electron chi connectivity index (χ2n) is 14.1. The van der Waals surface area contributed by atoms with Crippen LogP contribution in [0, 0.1) is 28.1 Å². The number of aromatic nitrogens is 2. The zero-order valence-corrected chi connectivity index (χ0v) is 24.3. The molecule has 1 unspecified atom stereocenters. The van der Waals surface area contributed by atoms with Crippen LogP contribution in [-0.4, -0.2) is 77.4 Å². The van der Waals surface area contributed by atoms with E-state index in [1.807, 2.05) is 4.90 Å². The number of aliphatic carboxylic acids is 1. The molecule has 4 aliphatic carbocycles.